The topological polar surface area (TPSA) is 58.4 Å². The van der Waals surface area contributed by atoms with E-state index in [4.69, 9.17) is 17.3 Å². The second-order valence-corrected chi connectivity index (χ2v) is 6.58. The summed E-state index contributed by atoms with van der Waals surface area (Å²) in [6, 6.07) is 4.01. The zero-order valence-corrected chi connectivity index (χ0v) is 12.6. The molecule has 1 aliphatic rings. The first-order valence-corrected chi connectivity index (χ1v) is 7.82. The van der Waals surface area contributed by atoms with E-state index in [1.54, 1.807) is 11.3 Å². The molecule has 2 rings (SSSR count). The normalized spacial score (nSPS) is 20.7. The number of nitrogens with two attached hydrogens (primary N) is 1. The van der Waals surface area contributed by atoms with Gasteiger partial charge in [0.2, 0.25) is 5.91 Å². The number of hydrogen-bond acceptors (Lipinski definition) is 4. The minimum atomic E-state index is 0.0145. The highest BCUT2D eigenvalue weighted by Crippen LogP contribution is 2.33. The van der Waals surface area contributed by atoms with Crippen LogP contribution in [0, 0.1) is 0 Å². The molecule has 1 aliphatic heterocycles. The first kappa shape index (κ1) is 14.8. The average Bonchev–Trinajstić information content (AvgIpc) is 2.68. The van der Waals surface area contributed by atoms with Crippen LogP contribution < -0.4 is 11.1 Å². The molecule has 1 amide bonds. The minimum Gasteiger partial charge on any atom is -0.355 e. The highest BCUT2D eigenvalue weighted by Gasteiger charge is 2.29. The predicted molar refractivity (Wildman–Crippen MR) is 79.5 cm³/mol. The summed E-state index contributed by atoms with van der Waals surface area (Å²) >= 11 is 7.59. The number of nitrogens with zero attached hydrogens (tertiary/aromatic N) is 1. The Labute approximate surface area is 122 Å². The number of amides is 1. The van der Waals surface area contributed by atoms with Crippen LogP contribution in [0.25, 0.3) is 0 Å². The summed E-state index contributed by atoms with van der Waals surface area (Å²) < 4.78 is 0.766. The van der Waals surface area contributed by atoms with E-state index in [1.807, 2.05) is 12.1 Å². The molecule has 0 saturated carbocycles. The molecule has 2 heterocycles. The Hall–Kier alpha value is -0.620. The monoisotopic (exact) mass is 301 g/mol. The molecule has 3 N–H and O–H groups in total. The van der Waals surface area contributed by atoms with Gasteiger partial charge in [0.25, 0.3) is 0 Å². The van der Waals surface area contributed by atoms with Crippen LogP contribution >= 0.6 is 22.9 Å². The molecule has 0 radical (unpaired) electrons. The van der Waals surface area contributed by atoms with E-state index < -0.39 is 0 Å². The third kappa shape index (κ3) is 3.69. The number of rotatable bonds is 4. The van der Waals surface area contributed by atoms with Gasteiger partial charge >= 0.3 is 0 Å². The third-order valence-electron chi connectivity index (χ3n) is 3.45. The van der Waals surface area contributed by atoms with E-state index in [0.29, 0.717) is 6.54 Å². The molecule has 2 unspecified atom stereocenters. The zero-order chi connectivity index (χ0) is 13.8. The smallest absolute Gasteiger partial charge is 0.234 e. The van der Waals surface area contributed by atoms with Crippen molar-refractivity contribution in [2.45, 2.75) is 31.8 Å². The van der Waals surface area contributed by atoms with Crippen LogP contribution in [0.4, 0.5) is 0 Å². The van der Waals surface area contributed by atoms with E-state index >= 15 is 0 Å². The van der Waals surface area contributed by atoms with E-state index in [-0.39, 0.29) is 18.0 Å². The van der Waals surface area contributed by atoms with Gasteiger partial charge in [-0.05, 0) is 25.0 Å². The summed E-state index contributed by atoms with van der Waals surface area (Å²) in [7, 11) is 0. The molecule has 106 valence electrons. The molecule has 0 spiro atoms. The van der Waals surface area contributed by atoms with Gasteiger partial charge in [-0.1, -0.05) is 18.5 Å². The quantitative estimate of drug-likeness (QED) is 0.894. The first-order chi connectivity index (χ1) is 9.11. The number of halogens is 1. The van der Waals surface area contributed by atoms with E-state index in [0.717, 1.165) is 35.1 Å². The Bertz CT molecular complexity index is 437. The van der Waals surface area contributed by atoms with Crippen LogP contribution in [-0.2, 0) is 4.79 Å². The van der Waals surface area contributed by atoms with Gasteiger partial charge in [-0.25, -0.2) is 0 Å². The summed E-state index contributed by atoms with van der Waals surface area (Å²) in [6.45, 7) is 4.11. The number of nitrogens with one attached hydrogen (secondary N) is 1. The highest BCUT2D eigenvalue weighted by molar-refractivity contribution is 7.16. The average molecular weight is 302 g/mol. The van der Waals surface area contributed by atoms with Crippen LogP contribution in [0.15, 0.2) is 12.1 Å². The second kappa shape index (κ2) is 6.70. The van der Waals surface area contributed by atoms with Crippen LogP contribution in [0.2, 0.25) is 4.34 Å². The Morgan fingerprint density at radius 1 is 1.58 bits per heavy atom. The van der Waals surface area contributed by atoms with Crippen molar-refractivity contribution in [2.24, 2.45) is 5.73 Å². The standard InChI is InChI=1S/C13H20ClN3OS/c1-2-9(15)13(10-4-5-11(14)19-10)17-7-3-6-16-12(18)8-17/h4-5,9,13H,2-3,6-8,15H2,1H3,(H,16,18). The van der Waals surface area contributed by atoms with Crippen molar-refractivity contribution in [1.29, 1.82) is 0 Å². The van der Waals surface area contributed by atoms with Crippen molar-refractivity contribution in [2.75, 3.05) is 19.6 Å². The number of thiophene rings is 1. The molecule has 1 aromatic heterocycles. The Balaban J connectivity index is 2.23. The maximum absolute atomic E-state index is 11.7. The Kier molecular flexibility index (Phi) is 5.21. The maximum atomic E-state index is 11.7. The van der Waals surface area contributed by atoms with E-state index in [9.17, 15) is 4.79 Å². The lowest BCUT2D eigenvalue weighted by Crippen LogP contribution is -2.43. The molecule has 2 atom stereocenters. The molecule has 19 heavy (non-hydrogen) atoms. The van der Waals surface area contributed by atoms with Crippen molar-refractivity contribution < 1.29 is 4.79 Å². The lowest BCUT2D eigenvalue weighted by atomic mass is 10.0. The Morgan fingerprint density at radius 3 is 3.00 bits per heavy atom. The molecule has 4 nitrogen and oxygen atoms in total. The van der Waals surface area contributed by atoms with E-state index in [1.165, 1.54) is 0 Å². The van der Waals surface area contributed by atoms with Crippen molar-refractivity contribution >= 4 is 28.8 Å². The Morgan fingerprint density at radius 2 is 2.37 bits per heavy atom. The molecule has 1 aromatic rings. The third-order valence-corrected chi connectivity index (χ3v) is 4.75. The second-order valence-electron chi connectivity index (χ2n) is 4.83. The van der Waals surface area contributed by atoms with E-state index in [2.05, 4.69) is 17.1 Å². The maximum Gasteiger partial charge on any atom is 0.234 e. The minimum absolute atomic E-state index is 0.0145. The molecule has 0 aromatic carbocycles. The fourth-order valence-corrected chi connectivity index (χ4v) is 3.71. The van der Waals surface area contributed by atoms with Gasteiger partial charge in [-0.15, -0.1) is 11.3 Å². The summed E-state index contributed by atoms with van der Waals surface area (Å²) in [5, 5.41) is 2.90. The SMILES string of the molecule is CCC(N)C(c1ccc(Cl)s1)N1CCCNC(=O)C1. The lowest BCUT2D eigenvalue weighted by Gasteiger charge is -2.33. The number of hydrogen-bond donors (Lipinski definition) is 2. The van der Waals surface area contributed by atoms with Gasteiger partial charge in [0.1, 0.15) is 0 Å². The van der Waals surface area contributed by atoms with Gasteiger partial charge in [0.15, 0.2) is 0 Å². The van der Waals surface area contributed by atoms with Gasteiger partial charge in [-0.3, -0.25) is 9.69 Å². The summed E-state index contributed by atoms with van der Waals surface area (Å²) in [5.41, 5.74) is 6.28. The molecule has 0 aliphatic carbocycles. The van der Waals surface area contributed by atoms with Crippen LogP contribution in [0.1, 0.15) is 30.7 Å². The van der Waals surface area contributed by atoms with Gasteiger partial charge in [0, 0.05) is 24.0 Å². The van der Waals surface area contributed by atoms with Crippen LogP contribution in [0.3, 0.4) is 0 Å². The molecule has 1 saturated heterocycles. The van der Waals surface area contributed by atoms with Crippen molar-refractivity contribution in [3.63, 3.8) is 0 Å². The molecule has 0 bridgehead atoms. The van der Waals surface area contributed by atoms with Crippen molar-refractivity contribution in [3.05, 3.63) is 21.3 Å². The molecule has 6 heteroatoms. The van der Waals surface area contributed by atoms with Crippen LogP contribution in [0.5, 0.6) is 0 Å². The first-order valence-electron chi connectivity index (χ1n) is 6.63. The largest absolute Gasteiger partial charge is 0.355 e. The zero-order valence-electron chi connectivity index (χ0n) is 11.1. The van der Waals surface area contributed by atoms with Gasteiger partial charge in [-0.2, -0.15) is 0 Å². The predicted octanol–water partition coefficient (Wildman–Crippen LogP) is 2.00. The number of carbonyl (C=O) groups excluding carboxylic acids is 1. The molecular formula is C13H20ClN3OS. The summed E-state index contributed by atoms with van der Waals surface area (Å²) in [4.78, 5) is 15.1. The summed E-state index contributed by atoms with van der Waals surface area (Å²) in [6.07, 6.45) is 1.83. The van der Waals surface area contributed by atoms with Crippen LogP contribution in [-0.4, -0.2) is 36.5 Å². The fourth-order valence-electron chi connectivity index (χ4n) is 2.44. The highest BCUT2D eigenvalue weighted by atomic mass is 35.5. The summed E-state index contributed by atoms with van der Waals surface area (Å²) in [5.74, 6) is 0.0773. The molecular weight excluding hydrogens is 282 g/mol. The van der Waals surface area contributed by atoms with Crippen molar-refractivity contribution in [1.82, 2.24) is 10.2 Å². The van der Waals surface area contributed by atoms with Gasteiger partial charge < -0.3 is 11.1 Å². The van der Waals surface area contributed by atoms with Gasteiger partial charge in [0.05, 0.1) is 16.9 Å². The molecule has 1 fully saturated rings. The fraction of sp³-hybridized carbons (Fsp3) is 0.615. The van der Waals surface area contributed by atoms with Crippen molar-refractivity contribution in [3.8, 4) is 0 Å². The number of carbonyl (C=O) groups is 1. The lowest BCUT2D eigenvalue weighted by molar-refractivity contribution is -0.122.